The SMILES string of the molecule is COc1ccc2ccn(CCCn3ccc(C(N)=O)n3)c2c1. The minimum absolute atomic E-state index is 0.302. The number of benzene rings is 1. The smallest absolute Gasteiger partial charge is 0.269 e. The van der Waals surface area contributed by atoms with Crippen LogP contribution in [-0.4, -0.2) is 27.4 Å². The van der Waals surface area contributed by atoms with Crippen molar-refractivity contribution in [2.75, 3.05) is 7.11 Å². The van der Waals surface area contributed by atoms with Crippen LogP contribution in [0.25, 0.3) is 10.9 Å². The first-order valence-corrected chi connectivity index (χ1v) is 7.13. The van der Waals surface area contributed by atoms with Crippen LogP contribution in [0.1, 0.15) is 16.9 Å². The first-order valence-electron chi connectivity index (χ1n) is 7.13. The Balaban J connectivity index is 1.67. The summed E-state index contributed by atoms with van der Waals surface area (Å²) in [5.74, 6) is 0.355. The molecule has 1 amide bonds. The zero-order valence-electron chi connectivity index (χ0n) is 12.4. The predicted molar refractivity (Wildman–Crippen MR) is 83.9 cm³/mol. The highest BCUT2D eigenvalue weighted by molar-refractivity contribution is 5.90. The first-order chi connectivity index (χ1) is 10.7. The zero-order chi connectivity index (χ0) is 15.5. The number of primary amides is 1. The second kappa shape index (κ2) is 5.93. The van der Waals surface area contributed by atoms with E-state index in [9.17, 15) is 4.79 Å². The van der Waals surface area contributed by atoms with Gasteiger partial charge in [0.15, 0.2) is 0 Å². The molecule has 0 unspecified atom stereocenters. The Morgan fingerprint density at radius 1 is 1.23 bits per heavy atom. The largest absolute Gasteiger partial charge is 0.497 e. The van der Waals surface area contributed by atoms with Crippen molar-refractivity contribution in [3.63, 3.8) is 0 Å². The molecule has 6 heteroatoms. The van der Waals surface area contributed by atoms with E-state index in [1.54, 1.807) is 24.1 Å². The van der Waals surface area contributed by atoms with Gasteiger partial charge in [-0.05, 0) is 36.1 Å². The summed E-state index contributed by atoms with van der Waals surface area (Å²) in [5, 5.41) is 5.32. The number of amides is 1. The minimum atomic E-state index is -0.498. The molecule has 0 saturated carbocycles. The van der Waals surface area contributed by atoms with Crippen molar-refractivity contribution in [2.45, 2.75) is 19.5 Å². The van der Waals surface area contributed by atoms with Crippen LogP contribution in [0.5, 0.6) is 5.75 Å². The molecule has 0 aliphatic heterocycles. The van der Waals surface area contributed by atoms with Crippen molar-refractivity contribution in [3.05, 3.63) is 48.4 Å². The molecule has 0 aliphatic rings. The van der Waals surface area contributed by atoms with Gasteiger partial charge in [-0.3, -0.25) is 9.48 Å². The van der Waals surface area contributed by atoms with Gasteiger partial charge in [-0.2, -0.15) is 5.10 Å². The Labute approximate surface area is 128 Å². The Kier molecular flexibility index (Phi) is 3.82. The number of nitrogens with two attached hydrogens (primary N) is 1. The number of aromatic nitrogens is 3. The van der Waals surface area contributed by atoms with Crippen molar-refractivity contribution >= 4 is 16.8 Å². The van der Waals surface area contributed by atoms with Gasteiger partial charge in [0.05, 0.1) is 12.6 Å². The molecule has 2 N–H and O–H groups in total. The van der Waals surface area contributed by atoms with E-state index in [4.69, 9.17) is 10.5 Å². The molecule has 6 nitrogen and oxygen atoms in total. The third kappa shape index (κ3) is 2.81. The summed E-state index contributed by atoms with van der Waals surface area (Å²) in [7, 11) is 1.67. The number of hydrogen-bond donors (Lipinski definition) is 1. The molecule has 114 valence electrons. The van der Waals surface area contributed by atoms with Crippen LogP contribution in [0.4, 0.5) is 0 Å². The maximum absolute atomic E-state index is 11.0. The highest BCUT2D eigenvalue weighted by Crippen LogP contribution is 2.22. The maximum atomic E-state index is 11.0. The highest BCUT2D eigenvalue weighted by atomic mass is 16.5. The number of rotatable bonds is 6. The van der Waals surface area contributed by atoms with Gasteiger partial charge in [-0.25, -0.2) is 0 Å². The lowest BCUT2D eigenvalue weighted by atomic mass is 10.2. The normalized spacial score (nSPS) is 11.0. The molecule has 2 aromatic heterocycles. The summed E-state index contributed by atoms with van der Waals surface area (Å²) in [6.07, 6.45) is 4.75. The molecule has 0 spiro atoms. The van der Waals surface area contributed by atoms with Gasteiger partial charge in [0, 0.05) is 31.5 Å². The lowest BCUT2D eigenvalue weighted by Gasteiger charge is -2.07. The third-order valence-corrected chi connectivity index (χ3v) is 3.66. The van der Waals surface area contributed by atoms with Crippen LogP contribution < -0.4 is 10.5 Å². The van der Waals surface area contributed by atoms with Gasteiger partial charge in [-0.1, -0.05) is 0 Å². The average Bonchev–Trinajstić information content (AvgIpc) is 3.14. The van der Waals surface area contributed by atoms with Gasteiger partial charge in [0.2, 0.25) is 0 Å². The van der Waals surface area contributed by atoms with E-state index in [1.807, 2.05) is 12.1 Å². The highest BCUT2D eigenvalue weighted by Gasteiger charge is 2.05. The van der Waals surface area contributed by atoms with Gasteiger partial charge < -0.3 is 15.0 Å². The number of ether oxygens (including phenoxy) is 1. The molecule has 0 saturated heterocycles. The van der Waals surface area contributed by atoms with Crippen molar-refractivity contribution in [2.24, 2.45) is 5.73 Å². The molecule has 1 aromatic carbocycles. The van der Waals surface area contributed by atoms with E-state index in [1.165, 1.54) is 5.39 Å². The monoisotopic (exact) mass is 298 g/mol. The molecule has 0 bridgehead atoms. The second-order valence-electron chi connectivity index (χ2n) is 5.12. The zero-order valence-corrected chi connectivity index (χ0v) is 12.4. The summed E-state index contributed by atoms with van der Waals surface area (Å²) < 4.78 is 9.21. The number of carbonyl (C=O) groups excluding carboxylic acids is 1. The standard InChI is InChI=1S/C16H18N4O2/c1-22-13-4-3-12-5-9-19(15(12)11-13)7-2-8-20-10-6-14(18-20)16(17)21/h3-6,9-11H,2,7-8H2,1H3,(H2,17,21). The number of aryl methyl sites for hydroxylation is 2. The molecule has 0 atom stereocenters. The average molecular weight is 298 g/mol. The maximum Gasteiger partial charge on any atom is 0.269 e. The fourth-order valence-corrected chi connectivity index (χ4v) is 2.51. The van der Waals surface area contributed by atoms with Crippen LogP contribution in [0.3, 0.4) is 0 Å². The summed E-state index contributed by atoms with van der Waals surface area (Å²) >= 11 is 0. The Morgan fingerprint density at radius 3 is 2.82 bits per heavy atom. The molecular formula is C16H18N4O2. The van der Waals surface area contributed by atoms with Gasteiger partial charge in [0.1, 0.15) is 11.4 Å². The van der Waals surface area contributed by atoms with Crippen molar-refractivity contribution in [3.8, 4) is 5.75 Å². The summed E-state index contributed by atoms with van der Waals surface area (Å²) in [5.41, 5.74) is 6.64. The van der Waals surface area contributed by atoms with E-state index in [-0.39, 0.29) is 0 Å². The summed E-state index contributed by atoms with van der Waals surface area (Å²) in [6.45, 7) is 1.60. The molecule has 3 aromatic rings. The molecule has 3 rings (SSSR count). The molecule has 0 radical (unpaired) electrons. The van der Waals surface area contributed by atoms with Crippen molar-refractivity contribution in [1.82, 2.24) is 14.3 Å². The Morgan fingerprint density at radius 2 is 2.09 bits per heavy atom. The van der Waals surface area contributed by atoms with Gasteiger partial charge >= 0.3 is 0 Å². The molecule has 2 heterocycles. The van der Waals surface area contributed by atoms with Crippen molar-refractivity contribution in [1.29, 1.82) is 0 Å². The quantitative estimate of drug-likeness (QED) is 0.756. The van der Waals surface area contributed by atoms with E-state index < -0.39 is 5.91 Å². The third-order valence-electron chi connectivity index (χ3n) is 3.66. The lowest BCUT2D eigenvalue weighted by molar-refractivity contribution is 0.0994. The number of carbonyl (C=O) groups is 1. The topological polar surface area (TPSA) is 75.1 Å². The molecular weight excluding hydrogens is 280 g/mol. The van der Waals surface area contributed by atoms with E-state index in [0.717, 1.165) is 30.8 Å². The number of methoxy groups -OCH3 is 1. The van der Waals surface area contributed by atoms with Gasteiger partial charge in [-0.15, -0.1) is 0 Å². The van der Waals surface area contributed by atoms with Crippen LogP contribution in [0.2, 0.25) is 0 Å². The number of fused-ring (bicyclic) bond motifs is 1. The summed E-state index contributed by atoms with van der Waals surface area (Å²) in [4.78, 5) is 11.0. The van der Waals surface area contributed by atoms with Crippen LogP contribution in [0, 0.1) is 0 Å². The number of hydrogen-bond acceptors (Lipinski definition) is 3. The summed E-state index contributed by atoms with van der Waals surface area (Å²) in [6, 6.07) is 9.78. The van der Waals surface area contributed by atoms with E-state index in [0.29, 0.717) is 5.69 Å². The lowest BCUT2D eigenvalue weighted by Crippen LogP contribution is -2.13. The fraction of sp³-hybridized carbons (Fsp3) is 0.250. The Hall–Kier alpha value is -2.76. The van der Waals surface area contributed by atoms with E-state index in [2.05, 4.69) is 28.0 Å². The fourth-order valence-electron chi connectivity index (χ4n) is 2.51. The molecule has 22 heavy (non-hydrogen) atoms. The van der Waals surface area contributed by atoms with Crippen LogP contribution in [0.15, 0.2) is 42.7 Å². The van der Waals surface area contributed by atoms with Gasteiger partial charge in [0.25, 0.3) is 5.91 Å². The van der Waals surface area contributed by atoms with Crippen molar-refractivity contribution < 1.29 is 9.53 Å². The van der Waals surface area contributed by atoms with Crippen LogP contribution >= 0.6 is 0 Å². The van der Waals surface area contributed by atoms with Crippen LogP contribution in [-0.2, 0) is 13.1 Å². The first kappa shape index (κ1) is 14.2. The predicted octanol–water partition coefficient (Wildman–Crippen LogP) is 2.04. The van der Waals surface area contributed by atoms with E-state index >= 15 is 0 Å². The minimum Gasteiger partial charge on any atom is -0.497 e. The molecule has 0 fully saturated rings. The Bertz CT molecular complexity index is 803. The second-order valence-corrected chi connectivity index (χ2v) is 5.12. The molecule has 0 aliphatic carbocycles. The number of nitrogens with zero attached hydrogens (tertiary/aromatic N) is 3.